The van der Waals surface area contributed by atoms with Crippen molar-refractivity contribution in [2.24, 2.45) is 0 Å². The van der Waals surface area contributed by atoms with E-state index in [-0.39, 0.29) is 0 Å². The van der Waals surface area contributed by atoms with Crippen molar-refractivity contribution in [1.29, 1.82) is 0 Å². The summed E-state index contributed by atoms with van der Waals surface area (Å²) in [5.41, 5.74) is 0. The molecule has 0 N–H and O–H groups in total. The van der Waals surface area contributed by atoms with E-state index in [4.69, 9.17) is 0 Å². The summed E-state index contributed by atoms with van der Waals surface area (Å²) in [6, 6.07) is 0. The van der Waals surface area contributed by atoms with Gasteiger partial charge in [-0.3, -0.25) is 0 Å². The zero-order valence-electron chi connectivity index (χ0n) is 5.43. The second-order valence-corrected chi connectivity index (χ2v) is 3.84. The zero-order chi connectivity index (χ0) is 7.90. The van der Waals surface area contributed by atoms with Crippen LogP contribution in [0.3, 0.4) is 0 Å². The summed E-state index contributed by atoms with van der Waals surface area (Å²) in [4.78, 5) is 7.47. The maximum Gasteiger partial charge on any atom is 0.195 e. The lowest BCUT2D eigenvalue weighted by Crippen LogP contribution is -2.24. The molecule has 5 heteroatoms. The molecule has 0 amide bonds. The average molecular weight is 168 g/mol. The van der Waals surface area contributed by atoms with Crippen molar-refractivity contribution in [1.82, 2.24) is 9.97 Å². The summed E-state index contributed by atoms with van der Waals surface area (Å²) in [7, 11) is -3.16. The molecule has 1 aromatic heterocycles. The number of sulfone groups is 1. The number of rotatable bonds is 0. The van der Waals surface area contributed by atoms with Crippen LogP contribution >= 0.6 is 0 Å². The molecule has 0 radical (unpaired) electrons. The lowest BCUT2D eigenvalue weighted by molar-refractivity contribution is 0.617. The Morgan fingerprint density at radius 1 is 1.27 bits per heavy atom. The molecule has 2 rings (SSSR count). The van der Waals surface area contributed by atoms with Crippen molar-refractivity contribution in [2.45, 2.75) is 0 Å². The van der Waals surface area contributed by atoms with Gasteiger partial charge >= 0.3 is 0 Å². The van der Waals surface area contributed by atoms with Crippen molar-refractivity contribution < 1.29 is 8.42 Å². The molecule has 0 saturated heterocycles. The fourth-order valence-electron chi connectivity index (χ4n) is 0.906. The Hall–Kier alpha value is -1.23. The smallest absolute Gasteiger partial charge is 0.195 e. The standard InChI is InChI=1S/C6H4N2O2S/c9-11(10)2-5-1-7-4-8-6(5)3-11/h1-4H. The fourth-order valence-corrected chi connectivity index (χ4v) is 2.02. The lowest BCUT2D eigenvalue weighted by atomic mass is 10.5. The summed E-state index contributed by atoms with van der Waals surface area (Å²) in [5, 5.41) is 3.32. The first-order chi connectivity index (χ1) is 5.17. The molecule has 11 heavy (non-hydrogen) atoms. The van der Waals surface area contributed by atoms with Gasteiger partial charge in [0.05, 0.1) is 10.8 Å². The second kappa shape index (κ2) is 1.88. The topological polar surface area (TPSA) is 59.9 Å². The minimum Gasteiger partial charge on any atom is -0.244 e. The van der Waals surface area contributed by atoms with Crippen LogP contribution < -0.4 is 10.6 Å². The van der Waals surface area contributed by atoms with Crippen LogP contribution in [-0.2, 0) is 9.84 Å². The van der Waals surface area contributed by atoms with E-state index in [9.17, 15) is 8.42 Å². The van der Waals surface area contributed by atoms with Crippen molar-refractivity contribution in [3.63, 3.8) is 0 Å². The summed E-state index contributed by atoms with van der Waals surface area (Å²) < 4.78 is 21.8. The van der Waals surface area contributed by atoms with Crippen LogP contribution in [-0.4, -0.2) is 18.4 Å². The third-order valence-electron chi connectivity index (χ3n) is 1.34. The van der Waals surface area contributed by atoms with Crippen molar-refractivity contribution in [2.75, 3.05) is 0 Å². The van der Waals surface area contributed by atoms with E-state index in [0.717, 1.165) is 10.8 Å². The zero-order valence-corrected chi connectivity index (χ0v) is 6.25. The number of fused-ring (bicyclic) bond motifs is 1. The molecule has 4 nitrogen and oxygen atoms in total. The Kier molecular flexibility index (Phi) is 1.11. The highest BCUT2D eigenvalue weighted by Gasteiger charge is 2.08. The number of hydrogen-bond donors (Lipinski definition) is 0. The molecule has 0 bridgehead atoms. The van der Waals surface area contributed by atoms with E-state index in [1.165, 1.54) is 12.5 Å². The fraction of sp³-hybridized carbons (Fsp3) is 0. The average Bonchev–Trinajstić information content (AvgIpc) is 2.21. The van der Waals surface area contributed by atoms with Gasteiger partial charge in [-0.25, -0.2) is 18.4 Å². The van der Waals surface area contributed by atoms with Crippen molar-refractivity contribution >= 4 is 20.7 Å². The first kappa shape index (κ1) is 6.48. The number of nitrogens with zero attached hydrogens (tertiary/aromatic N) is 2. The van der Waals surface area contributed by atoms with Gasteiger partial charge in [-0.15, -0.1) is 0 Å². The highest BCUT2D eigenvalue weighted by molar-refractivity contribution is 8.06. The van der Waals surface area contributed by atoms with E-state index < -0.39 is 9.84 Å². The maximum atomic E-state index is 10.9. The van der Waals surface area contributed by atoms with E-state index in [1.807, 2.05) is 0 Å². The highest BCUT2D eigenvalue weighted by atomic mass is 32.2. The van der Waals surface area contributed by atoms with E-state index in [2.05, 4.69) is 9.97 Å². The first-order valence-electron chi connectivity index (χ1n) is 2.92. The molecular weight excluding hydrogens is 164 g/mol. The van der Waals surface area contributed by atoms with Crippen molar-refractivity contribution in [3.8, 4) is 0 Å². The van der Waals surface area contributed by atoms with Gasteiger partial charge in [0.1, 0.15) is 6.33 Å². The number of aromatic nitrogens is 2. The van der Waals surface area contributed by atoms with Gasteiger partial charge in [-0.2, -0.15) is 0 Å². The Bertz CT molecular complexity index is 463. The molecule has 0 fully saturated rings. The predicted octanol–water partition coefficient (Wildman–Crippen LogP) is -1.62. The van der Waals surface area contributed by atoms with Gasteiger partial charge in [0.15, 0.2) is 9.84 Å². The van der Waals surface area contributed by atoms with Gasteiger partial charge in [-0.1, -0.05) is 0 Å². The van der Waals surface area contributed by atoms with E-state index >= 15 is 0 Å². The predicted molar refractivity (Wildman–Crippen MR) is 39.1 cm³/mol. The molecule has 1 aliphatic heterocycles. The summed E-state index contributed by atoms with van der Waals surface area (Å²) in [5.74, 6) is 0. The quantitative estimate of drug-likeness (QED) is 0.467. The third-order valence-corrected chi connectivity index (χ3v) is 2.47. The molecule has 0 aliphatic carbocycles. The van der Waals surface area contributed by atoms with Crippen LogP contribution in [0.25, 0.3) is 10.8 Å². The van der Waals surface area contributed by atoms with Gasteiger partial charge in [-0.05, 0) is 0 Å². The molecule has 0 aromatic carbocycles. The van der Waals surface area contributed by atoms with Crippen LogP contribution in [0.4, 0.5) is 0 Å². The second-order valence-electron chi connectivity index (χ2n) is 2.19. The Morgan fingerprint density at radius 3 is 2.82 bits per heavy atom. The van der Waals surface area contributed by atoms with Gasteiger partial charge < -0.3 is 0 Å². The molecule has 56 valence electrons. The van der Waals surface area contributed by atoms with Gasteiger partial charge in [0.25, 0.3) is 0 Å². The Labute approximate surface area is 62.8 Å². The molecule has 0 unspecified atom stereocenters. The molecular formula is C6H4N2O2S. The van der Waals surface area contributed by atoms with Crippen LogP contribution in [0.2, 0.25) is 0 Å². The Balaban J connectivity index is 3.03. The summed E-state index contributed by atoms with van der Waals surface area (Å²) in [6.45, 7) is 0. The molecule has 0 saturated carbocycles. The van der Waals surface area contributed by atoms with Crippen molar-refractivity contribution in [3.05, 3.63) is 23.1 Å². The van der Waals surface area contributed by atoms with E-state index in [0.29, 0.717) is 10.6 Å². The summed E-state index contributed by atoms with van der Waals surface area (Å²) >= 11 is 0. The van der Waals surface area contributed by atoms with Crippen LogP contribution in [0.15, 0.2) is 12.5 Å². The SMILES string of the molecule is O=S1(=O)C=c2cncnc2=C1. The number of hydrogen-bond acceptors (Lipinski definition) is 4. The molecule has 0 spiro atoms. The molecule has 1 aromatic rings. The normalized spacial score (nSPS) is 18.2. The molecule has 1 aliphatic rings. The maximum absolute atomic E-state index is 10.9. The van der Waals surface area contributed by atoms with Gasteiger partial charge in [0, 0.05) is 16.8 Å². The van der Waals surface area contributed by atoms with Gasteiger partial charge in [0.2, 0.25) is 0 Å². The minimum atomic E-state index is -3.16. The molecule has 2 heterocycles. The first-order valence-corrected chi connectivity index (χ1v) is 4.53. The minimum absolute atomic E-state index is 0.472. The van der Waals surface area contributed by atoms with Crippen LogP contribution in [0.1, 0.15) is 0 Å². The monoisotopic (exact) mass is 168 g/mol. The Morgan fingerprint density at radius 2 is 2.09 bits per heavy atom. The highest BCUT2D eigenvalue weighted by Crippen LogP contribution is 1.94. The van der Waals surface area contributed by atoms with Crippen LogP contribution in [0.5, 0.6) is 0 Å². The summed E-state index contributed by atoms with van der Waals surface area (Å²) in [6.07, 6.45) is 2.80. The van der Waals surface area contributed by atoms with Crippen LogP contribution in [0, 0.1) is 0 Å². The largest absolute Gasteiger partial charge is 0.244 e. The molecule has 0 atom stereocenters. The lowest BCUT2D eigenvalue weighted by Gasteiger charge is -1.77. The van der Waals surface area contributed by atoms with E-state index in [1.54, 1.807) is 0 Å². The third kappa shape index (κ3) is 1.03.